The van der Waals surface area contributed by atoms with Crippen molar-refractivity contribution >= 4 is 63.3 Å². The van der Waals surface area contributed by atoms with Crippen molar-refractivity contribution in [1.82, 2.24) is 0 Å². The Morgan fingerprint density at radius 3 is 2.42 bits per heavy atom. The highest BCUT2D eigenvalue weighted by molar-refractivity contribution is 8.00. The zero-order valence-electron chi connectivity index (χ0n) is 12.3. The molecule has 0 aliphatic rings. The Bertz CT molecular complexity index is 907. The molecule has 6 heteroatoms. The number of hydrogen-bond donors (Lipinski definition) is 0. The average Bonchev–Trinajstić information content (AvgIpc) is 2.56. The van der Waals surface area contributed by atoms with Crippen LogP contribution in [0.2, 0.25) is 15.1 Å². The maximum atomic E-state index is 12.1. The molecular formula is C18H11Cl3O2S. The zero-order valence-corrected chi connectivity index (χ0v) is 15.3. The first-order valence-corrected chi connectivity index (χ1v) is 9.12. The lowest BCUT2D eigenvalue weighted by Gasteiger charge is -2.08. The van der Waals surface area contributed by atoms with Gasteiger partial charge in [0.25, 0.3) is 0 Å². The minimum atomic E-state index is -0.373. The molecule has 0 radical (unpaired) electrons. The maximum Gasteiger partial charge on any atom is 0.321 e. The van der Waals surface area contributed by atoms with E-state index in [1.165, 1.54) is 17.8 Å². The summed E-state index contributed by atoms with van der Waals surface area (Å²) in [4.78, 5) is 13.0. The lowest BCUT2D eigenvalue weighted by molar-refractivity contribution is -0.131. The molecule has 3 aromatic carbocycles. The van der Waals surface area contributed by atoms with E-state index >= 15 is 0 Å². The molecule has 24 heavy (non-hydrogen) atoms. The van der Waals surface area contributed by atoms with Gasteiger partial charge in [0.2, 0.25) is 0 Å². The van der Waals surface area contributed by atoms with Crippen LogP contribution in [0.4, 0.5) is 0 Å². The van der Waals surface area contributed by atoms with E-state index in [2.05, 4.69) is 0 Å². The summed E-state index contributed by atoms with van der Waals surface area (Å²) in [5, 5.41) is 3.39. The second kappa shape index (κ2) is 7.66. The van der Waals surface area contributed by atoms with Crippen molar-refractivity contribution in [1.29, 1.82) is 0 Å². The average molecular weight is 398 g/mol. The molecule has 0 aliphatic heterocycles. The first-order valence-electron chi connectivity index (χ1n) is 7.00. The molecule has 0 saturated carbocycles. The molecule has 0 saturated heterocycles. The molecule has 0 unspecified atom stereocenters. The molecule has 0 spiro atoms. The van der Waals surface area contributed by atoms with Crippen LogP contribution >= 0.6 is 46.6 Å². The predicted molar refractivity (Wildman–Crippen MR) is 102 cm³/mol. The number of carbonyl (C=O) groups is 1. The Morgan fingerprint density at radius 2 is 1.67 bits per heavy atom. The Morgan fingerprint density at radius 1 is 0.917 bits per heavy atom. The highest BCUT2D eigenvalue weighted by atomic mass is 35.5. The van der Waals surface area contributed by atoms with Crippen molar-refractivity contribution in [3.8, 4) is 5.75 Å². The molecule has 2 nitrogen and oxygen atoms in total. The molecule has 122 valence electrons. The normalized spacial score (nSPS) is 10.8. The van der Waals surface area contributed by atoms with Crippen molar-refractivity contribution in [2.75, 3.05) is 5.75 Å². The fraction of sp³-hybridized carbons (Fsp3) is 0.0556. The standard InChI is InChI=1S/C18H11Cl3O2S/c19-13-8-7-12(9-15(13)21)23-17(22)10-24-16-6-2-4-11-3-1-5-14(20)18(11)16/h1-9H,10H2. The van der Waals surface area contributed by atoms with Crippen LogP contribution < -0.4 is 4.74 Å². The molecule has 0 N–H and O–H groups in total. The van der Waals surface area contributed by atoms with Gasteiger partial charge in [0.05, 0.1) is 15.8 Å². The van der Waals surface area contributed by atoms with E-state index in [0.29, 0.717) is 20.8 Å². The molecule has 0 amide bonds. The largest absolute Gasteiger partial charge is 0.426 e. The summed E-state index contributed by atoms with van der Waals surface area (Å²) in [5.41, 5.74) is 0. The number of benzene rings is 3. The fourth-order valence-electron chi connectivity index (χ4n) is 2.22. The van der Waals surface area contributed by atoms with Gasteiger partial charge in [-0.2, -0.15) is 0 Å². The highest BCUT2D eigenvalue weighted by Crippen LogP contribution is 2.33. The number of ether oxygens (including phenoxy) is 1. The molecule has 0 bridgehead atoms. The fourth-order valence-corrected chi connectivity index (χ4v) is 3.73. The predicted octanol–water partition coefficient (Wildman–Crippen LogP) is 6.50. The first-order chi connectivity index (χ1) is 11.5. The van der Waals surface area contributed by atoms with Gasteiger partial charge >= 0.3 is 5.97 Å². The van der Waals surface area contributed by atoms with Gasteiger partial charge in [-0.05, 0) is 29.7 Å². The van der Waals surface area contributed by atoms with Crippen molar-refractivity contribution in [3.63, 3.8) is 0 Å². The lowest BCUT2D eigenvalue weighted by atomic mass is 10.1. The third-order valence-corrected chi connectivity index (χ3v) is 5.37. The van der Waals surface area contributed by atoms with Crippen LogP contribution in [-0.2, 0) is 4.79 Å². The van der Waals surface area contributed by atoms with Gasteiger partial charge < -0.3 is 4.74 Å². The van der Waals surface area contributed by atoms with Crippen LogP contribution in [0, 0.1) is 0 Å². The van der Waals surface area contributed by atoms with Gasteiger partial charge in [0.1, 0.15) is 5.75 Å². The van der Waals surface area contributed by atoms with E-state index in [4.69, 9.17) is 39.5 Å². The van der Waals surface area contributed by atoms with E-state index in [-0.39, 0.29) is 11.7 Å². The minimum Gasteiger partial charge on any atom is -0.426 e. The highest BCUT2D eigenvalue weighted by Gasteiger charge is 2.11. The Balaban J connectivity index is 1.71. The van der Waals surface area contributed by atoms with Gasteiger partial charge in [0.15, 0.2) is 0 Å². The number of carbonyl (C=O) groups excluding carboxylic acids is 1. The molecule has 3 rings (SSSR count). The topological polar surface area (TPSA) is 26.3 Å². The molecule has 0 atom stereocenters. The molecule has 0 aliphatic carbocycles. The summed E-state index contributed by atoms with van der Waals surface area (Å²) in [6.45, 7) is 0. The SMILES string of the molecule is O=C(CSc1cccc2cccc(Cl)c12)Oc1ccc(Cl)c(Cl)c1. The van der Waals surface area contributed by atoms with Gasteiger partial charge in [-0.3, -0.25) is 4.79 Å². The van der Waals surface area contributed by atoms with Crippen molar-refractivity contribution in [2.24, 2.45) is 0 Å². The Labute approximate surface area is 158 Å². The van der Waals surface area contributed by atoms with E-state index in [1.807, 2.05) is 36.4 Å². The van der Waals surface area contributed by atoms with Gasteiger partial charge in [-0.25, -0.2) is 0 Å². The lowest BCUT2D eigenvalue weighted by Crippen LogP contribution is -2.10. The number of esters is 1. The van der Waals surface area contributed by atoms with Gasteiger partial charge in [-0.15, -0.1) is 11.8 Å². The summed E-state index contributed by atoms with van der Waals surface area (Å²) < 4.78 is 5.28. The monoisotopic (exact) mass is 396 g/mol. The maximum absolute atomic E-state index is 12.1. The van der Waals surface area contributed by atoms with E-state index in [1.54, 1.807) is 12.1 Å². The molecule has 0 fully saturated rings. The second-order valence-corrected chi connectivity index (χ2v) is 7.17. The third kappa shape index (κ3) is 3.98. The molecule has 3 aromatic rings. The van der Waals surface area contributed by atoms with Crippen molar-refractivity contribution < 1.29 is 9.53 Å². The number of rotatable bonds is 4. The van der Waals surface area contributed by atoms with Crippen molar-refractivity contribution in [2.45, 2.75) is 4.90 Å². The minimum absolute atomic E-state index is 0.157. The number of hydrogen-bond acceptors (Lipinski definition) is 3. The van der Waals surface area contributed by atoms with Crippen LogP contribution in [0.5, 0.6) is 5.75 Å². The number of thioether (sulfide) groups is 1. The second-order valence-electron chi connectivity index (χ2n) is 4.93. The summed E-state index contributed by atoms with van der Waals surface area (Å²) >= 11 is 19.4. The van der Waals surface area contributed by atoms with Crippen LogP contribution in [0.3, 0.4) is 0 Å². The van der Waals surface area contributed by atoms with Gasteiger partial charge in [0, 0.05) is 21.4 Å². The quantitative estimate of drug-likeness (QED) is 0.285. The van der Waals surface area contributed by atoms with Crippen LogP contribution in [0.15, 0.2) is 59.5 Å². The summed E-state index contributed by atoms with van der Waals surface area (Å²) in [7, 11) is 0. The van der Waals surface area contributed by atoms with Crippen molar-refractivity contribution in [3.05, 3.63) is 69.7 Å². The molecular weight excluding hydrogens is 387 g/mol. The first kappa shape index (κ1) is 17.4. The van der Waals surface area contributed by atoms with Gasteiger partial charge in [-0.1, -0.05) is 59.1 Å². The Hall–Kier alpha value is -1.39. The third-order valence-electron chi connectivity index (χ3n) is 3.28. The smallest absolute Gasteiger partial charge is 0.321 e. The summed E-state index contributed by atoms with van der Waals surface area (Å²) in [6.07, 6.45) is 0. The van der Waals surface area contributed by atoms with Crippen LogP contribution in [0.25, 0.3) is 10.8 Å². The number of halogens is 3. The van der Waals surface area contributed by atoms with E-state index in [0.717, 1.165) is 15.7 Å². The zero-order chi connectivity index (χ0) is 17.1. The van der Waals surface area contributed by atoms with Crippen LogP contribution in [0.1, 0.15) is 0 Å². The molecule has 0 aromatic heterocycles. The summed E-state index contributed by atoms with van der Waals surface area (Å²) in [5.74, 6) is 0.151. The Kier molecular flexibility index (Phi) is 5.57. The van der Waals surface area contributed by atoms with E-state index < -0.39 is 0 Å². The van der Waals surface area contributed by atoms with Crippen LogP contribution in [-0.4, -0.2) is 11.7 Å². The van der Waals surface area contributed by atoms with E-state index in [9.17, 15) is 4.79 Å². The molecule has 0 heterocycles. The summed E-state index contributed by atoms with van der Waals surface area (Å²) in [6, 6.07) is 16.3. The number of fused-ring (bicyclic) bond motifs is 1.